The number of hydrogen-bond donors (Lipinski definition) is 0. The summed E-state index contributed by atoms with van der Waals surface area (Å²) < 4.78 is 27.1. The zero-order valence-corrected chi connectivity index (χ0v) is 18.8. The zero-order valence-electron chi connectivity index (χ0n) is 18.0. The molecule has 2 aromatic carbocycles. The molecule has 0 saturated heterocycles. The predicted octanol–water partition coefficient (Wildman–Crippen LogP) is 5.44. The van der Waals surface area contributed by atoms with E-state index < -0.39 is 10.2 Å². The van der Waals surface area contributed by atoms with Crippen molar-refractivity contribution >= 4 is 22.4 Å². The SMILES string of the molecule is C(=Cc1ccccc1)c1ccccc1.C=CCN(CC=C)S(=O)(=O)N(CC=C)CC=C. The monoisotopic (exact) mass is 436 g/mol. The van der Waals surface area contributed by atoms with E-state index in [9.17, 15) is 8.42 Å². The van der Waals surface area contributed by atoms with Gasteiger partial charge in [-0.2, -0.15) is 17.0 Å². The second-order valence-corrected chi connectivity index (χ2v) is 8.38. The molecule has 0 atom stereocenters. The predicted molar refractivity (Wildman–Crippen MR) is 135 cm³/mol. The first-order valence-corrected chi connectivity index (χ1v) is 11.4. The summed E-state index contributed by atoms with van der Waals surface area (Å²) in [5.74, 6) is 0. The van der Waals surface area contributed by atoms with E-state index >= 15 is 0 Å². The molecule has 0 heterocycles. The molecule has 2 aromatic rings. The molecule has 0 bridgehead atoms. The van der Waals surface area contributed by atoms with Gasteiger partial charge in [-0.15, -0.1) is 26.3 Å². The van der Waals surface area contributed by atoms with Crippen LogP contribution >= 0.6 is 0 Å². The van der Waals surface area contributed by atoms with E-state index in [1.165, 1.54) is 19.7 Å². The van der Waals surface area contributed by atoms with Crippen molar-refractivity contribution in [1.29, 1.82) is 0 Å². The number of benzene rings is 2. The van der Waals surface area contributed by atoms with Crippen LogP contribution in [0.1, 0.15) is 11.1 Å². The summed E-state index contributed by atoms with van der Waals surface area (Å²) >= 11 is 0. The van der Waals surface area contributed by atoms with Crippen LogP contribution in [0.4, 0.5) is 0 Å². The molecule has 0 radical (unpaired) electrons. The van der Waals surface area contributed by atoms with Crippen molar-refractivity contribution in [2.75, 3.05) is 26.2 Å². The van der Waals surface area contributed by atoms with Gasteiger partial charge in [-0.05, 0) is 11.1 Å². The molecule has 5 heteroatoms. The number of nitrogens with zero attached hydrogens (tertiary/aromatic N) is 2. The highest BCUT2D eigenvalue weighted by Crippen LogP contribution is 2.09. The maximum atomic E-state index is 12.3. The minimum atomic E-state index is -3.53. The fourth-order valence-corrected chi connectivity index (χ4v) is 4.09. The van der Waals surface area contributed by atoms with Crippen molar-refractivity contribution < 1.29 is 8.42 Å². The molecular formula is C26H32N2O2S. The highest BCUT2D eigenvalue weighted by atomic mass is 32.2. The van der Waals surface area contributed by atoms with Gasteiger partial charge in [0.2, 0.25) is 0 Å². The minimum Gasteiger partial charge on any atom is -0.195 e. The van der Waals surface area contributed by atoms with Gasteiger partial charge in [0, 0.05) is 26.2 Å². The molecule has 0 fully saturated rings. The Bertz CT molecular complexity index is 844. The van der Waals surface area contributed by atoms with E-state index in [1.807, 2.05) is 36.4 Å². The van der Waals surface area contributed by atoms with Gasteiger partial charge in [0.25, 0.3) is 10.2 Å². The molecule has 0 aromatic heterocycles. The number of hydrogen-bond acceptors (Lipinski definition) is 2. The summed E-state index contributed by atoms with van der Waals surface area (Å²) in [5.41, 5.74) is 2.47. The highest BCUT2D eigenvalue weighted by molar-refractivity contribution is 7.86. The Morgan fingerprint density at radius 2 is 0.871 bits per heavy atom. The third kappa shape index (κ3) is 9.57. The molecule has 164 valence electrons. The summed E-state index contributed by atoms with van der Waals surface area (Å²) in [6.45, 7) is 15.2. The van der Waals surface area contributed by atoms with Crippen molar-refractivity contribution in [2.24, 2.45) is 0 Å². The molecule has 0 aliphatic rings. The van der Waals surface area contributed by atoms with Crippen LogP contribution in [-0.2, 0) is 10.2 Å². The van der Waals surface area contributed by atoms with Crippen LogP contribution in [0.15, 0.2) is 111 Å². The number of rotatable bonds is 12. The van der Waals surface area contributed by atoms with Crippen molar-refractivity contribution in [2.45, 2.75) is 0 Å². The molecule has 0 saturated carbocycles. The highest BCUT2D eigenvalue weighted by Gasteiger charge is 2.26. The second kappa shape index (κ2) is 14.9. The van der Waals surface area contributed by atoms with Crippen LogP contribution in [0, 0.1) is 0 Å². The average Bonchev–Trinajstić information content (AvgIpc) is 2.79. The molecule has 0 N–H and O–H groups in total. The van der Waals surface area contributed by atoms with Crippen LogP contribution in [0.5, 0.6) is 0 Å². The lowest BCUT2D eigenvalue weighted by atomic mass is 10.1. The minimum absolute atomic E-state index is 0.249. The Labute approximate surface area is 188 Å². The van der Waals surface area contributed by atoms with Gasteiger partial charge in [0.15, 0.2) is 0 Å². The standard InChI is InChI=1S/C14H12.C12H20N2O2S/c1-3-7-13(8-4-1)11-12-14-9-5-2-6-10-14;1-5-9-13(10-6-2)17(15,16)14(11-7-3)12-8-4/h1-12H;5-8H,1-4,9-12H2. The fourth-order valence-electron chi connectivity index (χ4n) is 2.59. The first kappa shape index (κ1) is 26.0. The lowest BCUT2D eigenvalue weighted by molar-refractivity contribution is 0.394. The van der Waals surface area contributed by atoms with E-state index in [0.29, 0.717) is 0 Å². The molecule has 0 aliphatic heterocycles. The van der Waals surface area contributed by atoms with Gasteiger partial charge in [-0.25, -0.2) is 0 Å². The summed E-state index contributed by atoms with van der Waals surface area (Å²) in [5, 5.41) is 0. The van der Waals surface area contributed by atoms with Crippen LogP contribution < -0.4 is 0 Å². The first-order valence-electron chi connectivity index (χ1n) is 9.96. The van der Waals surface area contributed by atoms with E-state index in [1.54, 1.807) is 24.3 Å². The second-order valence-electron chi connectivity index (χ2n) is 6.45. The van der Waals surface area contributed by atoms with Crippen molar-refractivity contribution in [1.82, 2.24) is 8.61 Å². The van der Waals surface area contributed by atoms with E-state index in [4.69, 9.17) is 0 Å². The van der Waals surface area contributed by atoms with Crippen LogP contribution in [-0.4, -0.2) is 43.2 Å². The lowest BCUT2D eigenvalue weighted by Gasteiger charge is -2.27. The normalized spacial score (nSPS) is 11.0. The maximum Gasteiger partial charge on any atom is 0.283 e. The molecule has 0 aliphatic carbocycles. The fraction of sp³-hybridized carbons (Fsp3) is 0.154. The summed E-state index contributed by atoms with van der Waals surface area (Å²) in [6.07, 6.45) is 10.4. The topological polar surface area (TPSA) is 40.6 Å². The average molecular weight is 437 g/mol. The lowest BCUT2D eigenvalue weighted by Crippen LogP contribution is -2.44. The summed E-state index contributed by atoms with van der Waals surface area (Å²) in [7, 11) is -3.53. The molecular weight excluding hydrogens is 404 g/mol. The Hall–Kier alpha value is -2.99. The van der Waals surface area contributed by atoms with E-state index in [-0.39, 0.29) is 26.2 Å². The molecule has 2 rings (SSSR count). The van der Waals surface area contributed by atoms with Gasteiger partial charge in [-0.1, -0.05) is 97.1 Å². The van der Waals surface area contributed by atoms with Crippen molar-refractivity contribution in [3.8, 4) is 0 Å². The van der Waals surface area contributed by atoms with Gasteiger partial charge < -0.3 is 0 Å². The van der Waals surface area contributed by atoms with E-state index in [0.717, 1.165) is 0 Å². The van der Waals surface area contributed by atoms with Gasteiger partial charge in [0.1, 0.15) is 0 Å². The van der Waals surface area contributed by atoms with Crippen molar-refractivity contribution in [3.63, 3.8) is 0 Å². The Morgan fingerprint density at radius 3 is 1.13 bits per heavy atom. The smallest absolute Gasteiger partial charge is 0.195 e. The quantitative estimate of drug-likeness (QED) is 0.328. The maximum absolute atomic E-state index is 12.3. The van der Waals surface area contributed by atoms with Gasteiger partial charge in [0.05, 0.1) is 0 Å². The first-order chi connectivity index (χ1) is 15.0. The van der Waals surface area contributed by atoms with E-state index in [2.05, 4.69) is 62.7 Å². The largest absolute Gasteiger partial charge is 0.283 e. The van der Waals surface area contributed by atoms with Gasteiger partial charge in [-0.3, -0.25) is 0 Å². The van der Waals surface area contributed by atoms with Crippen LogP contribution in [0.3, 0.4) is 0 Å². The van der Waals surface area contributed by atoms with Crippen LogP contribution in [0.2, 0.25) is 0 Å². The third-order valence-corrected chi connectivity index (χ3v) is 5.95. The molecule has 31 heavy (non-hydrogen) atoms. The Morgan fingerprint density at radius 1 is 0.581 bits per heavy atom. The van der Waals surface area contributed by atoms with Crippen molar-refractivity contribution in [3.05, 3.63) is 122 Å². The summed E-state index contributed by atoms with van der Waals surface area (Å²) in [4.78, 5) is 0. The third-order valence-electron chi connectivity index (χ3n) is 4.05. The van der Waals surface area contributed by atoms with Crippen LogP contribution in [0.25, 0.3) is 12.2 Å². The molecule has 0 unspecified atom stereocenters. The molecule has 0 spiro atoms. The molecule has 0 amide bonds. The zero-order chi connectivity index (χ0) is 23.0. The van der Waals surface area contributed by atoms with Gasteiger partial charge >= 0.3 is 0 Å². The Kier molecular flexibility index (Phi) is 12.5. The Balaban J connectivity index is 0.000000314. The summed E-state index contributed by atoms with van der Waals surface area (Å²) in [6, 6.07) is 20.6. The molecule has 4 nitrogen and oxygen atoms in total.